The van der Waals surface area contributed by atoms with E-state index in [1.807, 2.05) is 53.5 Å². The summed E-state index contributed by atoms with van der Waals surface area (Å²) in [5.41, 5.74) is 9.10. The van der Waals surface area contributed by atoms with Gasteiger partial charge in [-0.25, -0.2) is 16.3 Å². The zero-order valence-corrected chi connectivity index (χ0v) is 17.0. The molecule has 4 rings (SSSR count). The van der Waals surface area contributed by atoms with Crippen LogP contribution in [-0.4, -0.2) is 42.1 Å². The van der Waals surface area contributed by atoms with E-state index in [1.54, 1.807) is 0 Å². The van der Waals surface area contributed by atoms with Crippen LogP contribution in [0.15, 0.2) is 53.5 Å². The van der Waals surface area contributed by atoms with Gasteiger partial charge in [0.05, 0.1) is 11.4 Å². The van der Waals surface area contributed by atoms with Gasteiger partial charge in [-0.1, -0.05) is 35.9 Å². The Hall–Kier alpha value is -2.45. The SMILES string of the molecule is N=CCN1CCC2(CC1)C(NNCc1cccc(Cl)c1)=Nc1ccccc1N2N. The Morgan fingerprint density at radius 1 is 1.17 bits per heavy atom. The minimum Gasteiger partial charge on any atom is -0.312 e. The number of anilines is 1. The van der Waals surface area contributed by atoms with Gasteiger partial charge in [0.25, 0.3) is 0 Å². The number of amidine groups is 1. The second-order valence-electron chi connectivity index (χ2n) is 7.46. The fourth-order valence-electron chi connectivity index (χ4n) is 4.07. The summed E-state index contributed by atoms with van der Waals surface area (Å²) in [4.78, 5) is 7.19. The molecule has 8 heteroatoms. The number of hydrogen-bond acceptors (Lipinski definition) is 7. The normalized spacial score (nSPS) is 18.3. The Morgan fingerprint density at radius 2 is 1.97 bits per heavy atom. The van der Waals surface area contributed by atoms with Crippen molar-refractivity contribution in [3.8, 4) is 0 Å². The molecule has 2 aliphatic rings. The number of hydrogen-bond donors (Lipinski definition) is 4. The highest BCUT2D eigenvalue weighted by molar-refractivity contribution is 6.30. The van der Waals surface area contributed by atoms with Gasteiger partial charge in [0.15, 0.2) is 0 Å². The largest absolute Gasteiger partial charge is 0.312 e. The van der Waals surface area contributed by atoms with Crippen molar-refractivity contribution in [1.29, 1.82) is 5.41 Å². The van der Waals surface area contributed by atoms with Gasteiger partial charge >= 0.3 is 0 Å². The maximum absolute atomic E-state index is 7.38. The molecule has 2 aromatic carbocycles. The first-order valence-corrected chi connectivity index (χ1v) is 10.2. The fraction of sp³-hybridized carbons (Fsp3) is 0.333. The van der Waals surface area contributed by atoms with Crippen molar-refractivity contribution in [3.05, 3.63) is 59.1 Å². The van der Waals surface area contributed by atoms with Crippen LogP contribution in [-0.2, 0) is 6.54 Å². The summed E-state index contributed by atoms with van der Waals surface area (Å²) in [5, 5.41) is 9.98. The fourth-order valence-corrected chi connectivity index (χ4v) is 4.28. The van der Waals surface area contributed by atoms with E-state index in [0.717, 1.165) is 53.7 Å². The quantitative estimate of drug-likeness (QED) is 0.345. The third-order valence-corrected chi connectivity index (χ3v) is 5.93. The van der Waals surface area contributed by atoms with Crippen LogP contribution in [0.25, 0.3) is 0 Å². The van der Waals surface area contributed by atoms with Crippen molar-refractivity contribution in [2.24, 2.45) is 10.8 Å². The van der Waals surface area contributed by atoms with Crippen LogP contribution < -0.4 is 21.7 Å². The van der Waals surface area contributed by atoms with Crippen molar-refractivity contribution in [1.82, 2.24) is 15.8 Å². The second-order valence-corrected chi connectivity index (χ2v) is 7.90. The predicted molar refractivity (Wildman–Crippen MR) is 119 cm³/mol. The zero-order chi connectivity index (χ0) is 20.3. The van der Waals surface area contributed by atoms with Crippen LogP contribution in [0.4, 0.5) is 11.4 Å². The topological polar surface area (TPSA) is 92.8 Å². The Bertz CT molecular complexity index is 905. The molecule has 2 aliphatic heterocycles. The number of halogens is 1. The predicted octanol–water partition coefficient (Wildman–Crippen LogP) is 2.84. The Balaban J connectivity index is 1.56. The highest BCUT2D eigenvalue weighted by Crippen LogP contribution is 2.41. The number of hydrazine groups is 2. The first-order valence-electron chi connectivity index (χ1n) is 9.80. The summed E-state index contributed by atoms with van der Waals surface area (Å²) in [5.74, 6) is 7.50. The molecule has 29 heavy (non-hydrogen) atoms. The van der Waals surface area contributed by atoms with E-state index in [2.05, 4.69) is 15.8 Å². The molecule has 1 fully saturated rings. The van der Waals surface area contributed by atoms with Crippen LogP contribution in [0.2, 0.25) is 5.02 Å². The molecule has 0 unspecified atom stereocenters. The summed E-state index contributed by atoms with van der Waals surface area (Å²) in [7, 11) is 0. The summed E-state index contributed by atoms with van der Waals surface area (Å²) in [6.07, 6.45) is 3.11. The number of aliphatic imine (C=N–C) groups is 1. The summed E-state index contributed by atoms with van der Waals surface area (Å²) in [6, 6.07) is 15.7. The maximum Gasteiger partial charge on any atom is 0.144 e. The number of para-hydroxylation sites is 2. The number of rotatable bonds is 5. The third kappa shape index (κ3) is 4.00. The van der Waals surface area contributed by atoms with Gasteiger partial charge < -0.3 is 10.8 Å². The van der Waals surface area contributed by atoms with Gasteiger partial charge in [-0.3, -0.25) is 9.91 Å². The number of nitrogens with zero attached hydrogens (tertiary/aromatic N) is 3. The summed E-state index contributed by atoms with van der Waals surface area (Å²) in [6.45, 7) is 3.01. The summed E-state index contributed by atoms with van der Waals surface area (Å²) < 4.78 is 0. The van der Waals surface area contributed by atoms with E-state index in [-0.39, 0.29) is 0 Å². The van der Waals surface area contributed by atoms with Crippen LogP contribution in [0.3, 0.4) is 0 Å². The van der Waals surface area contributed by atoms with E-state index >= 15 is 0 Å². The Morgan fingerprint density at radius 3 is 2.72 bits per heavy atom. The molecule has 1 saturated heterocycles. The average molecular weight is 412 g/mol. The highest BCUT2D eigenvalue weighted by Gasteiger charge is 2.46. The van der Waals surface area contributed by atoms with Crippen molar-refractivity contribution >= 4 is 35.0 Å². The number of nitrogens with one attached hydrogen (secondary N) is 3. The zero-order valence-electron chi connectivity index (χ0n) is 16.2. The van der Waals surface area contributed by atoms with Gasteiger partial charge in [-0.05, 0) is 42.7 Å². The number of piperidine rings is 1. The van der Waals surface area contributed by atoms with Crippen molar-refractivity contribution in [3.63, 3.8) is 0 Å². The van der Waals surface area contributed by atoms with E-state index < -0.39 is 5.54 Å². The maximum atomic E-state index is 7.38. The molecule has 2 heterocycles. The molecule has 0 aromatic heterocycles. The van der Waals surface area contributed by atoms with Crippen molar-refractivity contribution in [2.75, 3.05) is 24.6 Å². The number of benzene rings is 2. The van der Waals surface area contributed by atoms with Gasteiger partial charge in [-0.15, -0.1) is 0 Å². The van der Waals surface area contributed by atoms with E-state index in [0.29, 0.717) is 13.1 Å². The molecule has 0 amide bonds. The molecule has 2 aromatic rings. The van der Waals surface area contributed by atoms with Gasteiger partial charge in [0, 0.05) is 37.4 Å². The third-order valence-electron chi connectivity index (χ3n) is 5.70. The molecule has 0 aliphatic carbocycles. The standard InChI is InChI=1S/C21H26ClN7/c22-17-5-3-4-16(14-17)15-25-27-20-21(8-11-28(12-9-21)13-10-23)29(24)19-7-2-1-6-18(19)26-20/h1-7,10,14,23,25H,8-9,11-13,15,24H2,(H,26,27). The van der Waals surface area contributed by atoms with Gasteiger partial charge in [0.1, 0.15) is 11.4 Å². The van der Waals surface area contributed by atoms with Crippen LogP contribution in [0.5, 0.6) is 0 Å². The lowest BCUT2D eigenvalue weighted by atomic mass is 9.83. The molecule has 7 nitrogen and oxygen atoms in total. The summed E-state index contributed by atoms with van der Waals surface area (Å²) >= 11 is 6.09. The lowest BCUT2D eigenvalue weighted by Gasteiger charge is -2.49. The first-order chi connectivity index (χ1) is 14.1. The molecule has 0 bridgehead atoms. The minimum atomic E-state index is -0.409. The minimum absolute atomic E-state index is 0.409. The second kappa shape index (κ2) is 8.51. The smallest absolute Gasteiger partial charge is 0.144 e. The van der Waals surface area contributed by atoms with E-state index in [1.165, 1.54) is 6.21 Å². The van der Waals surface area contributed by atoms with Gasteiger partial charge in [-0.2, -0.15) is 0 Å². The number of likely N-dealkylation sites (tertiary alicyclic amines) is 1. The van der Waals surface area contributed by atoms with Crippen molar-refractivity contribution < 1.29 is 0 Å². The first kappa shape index (κ1) is 19.8. The molecule has 5 N–H and O–H groups in total. The molecule has 152 valence electrons. The van der Waals surface area contributed by atoms with Crippen LogP contribution >= 0.6 is 11.6 Å². The van der Waals surface area contributed by atoms with Crippen molar-refractivity contribution in [2.45, 2.75) is 24.9 Å². The Kier molecular flexibility index (Phi) is 5.82. The highest BCUT2D eigenvalue weighted by atomic mass is 35.5. The molecular formula is C21H26ClN7. The average Bonchev–Trinajstić information content (AvgIpc) is 2.73. The van der Waals surface area contributed by atoms with Gasteiger partial charge in [0.2, 0.25) is 0 Å². The molecular weight excluding hydrogens is 386 g/mol. The van der Waals surface area contributed by atoms with Crippen LogP contribution in [0, 0.1) is 5.41 Å². The van der Waals surface area contributed by atoms with E-state index in [4.69, 9.17) is 27.8 Å². The Labute approximate surface area is 176 Å². The number of fused-ring (bicyclic) bond motifs is 1. The molecule has 0 saturated carbocycles. The van der Waals surface area contributed by atoms with Crippen LogP contribution in [0.1, 0.15) is 18.4 Å². The molecule has 1 spiro atoms. The lowest BCUT2D eigenvalue weighted by Crippen LogP contribution is -2.68. The molecule has 0 radical (unpaired) electrons. The lowest BCUT2D eigenvalue weighted by molar-refractivity contribution is 0.206. The number of nitrogens with two attached hydrogens (primary N) is 1. The van der Waals surface area contributed by atoms with E-state index in [9.17, 15) is 0 Å². The monoisotopic (exact) mass is 411 g/mol. The molecule has 0 atom stereocenters.